The number of hydrogen-bond acceptors (Lipinski definition) is 31. The molecular formula is C42H73N3O31. The summed E-state index contributed by atoms with van der Waals surface area (Å²) in [5.41, 5.74) is 0. The minimum Gasteiger partial charge on any atom is -0.394 e. The molecular weight excluding hydrogens is 1040 g/mol. The summed E-state index contributed by atoms with van der Waals surface area (Å²) in [6.07, 6.45) is -50.4. The van der Waals surface area contributed by atoms with E-state index in [1.165, 1.54) is 0 Å². The highest BCUT2D eigenvalue weighted by Gasteiger charge is 2.57. The summed E-state index contributed by atoms with van der Waals surface area (Å²) < 4.78 is 57.9. The van der Waals surface area contributed by atoms with E-state index in [0.717, 1.165) is 20.8 Å². The number of nitrogens with one attached hydrogen (secondary N) is 3. The molecule has 5 rings (SSSR count). The topological polar surface area (TPSA) is 544 Å². The molecule has 0 saturated carbocycles. The van der Waals surface area contributed by atoms with E-state index >= 15 is 0 Å². The van der Waals surface area contributed by atoms with E-state index in [4.69, 9.17) is 47.4 Å². The molecule has 76 heavy (non-hydrogen) atoms. The molecule has 5 heterocycles. The Hall–Kier alpha value is -2.71. The van der Waals surface area contributed by atoms with Gasteiger partial charge in [0.15, 0.2) is 31.5 Å². The van der Waals surface area contributed by atoms with Crippen LogP contribution in [0.5, 0.6) is 0 Å². The van der Waals surface area contributed by atoms with Gasteiger partial charge in [-0.15, -0.1) is 0 Å². The quantitative estimate of drug-likeness (QED) is 0.0452. The van der Waals surface area contributed by atoms with E-state index in [9.17, 15) is 106 Å². The summed E-state index contributed by atoms with van der Waals surface area (Å²) in [4.78, 5) is 37.3. The van der Waals surface area contributed by atoms with Crippen molar-refractivity contribution in [3.63, 3.8) is 0 Å². The van der Waals surface area contributed by atoms with Gasteiger partial charge in [-0.05, 0) is 0 Å². The summed E-state index contributed by atoms with van der Waals surface area (Å²) in [6, 6.07) is -5.11. The molecule has 3 amide bonds. The molecule has 0 radical (unpaired) electrons. The normalized spacial score (nSPS) is 43.8. The first-order valence-corrected chi connectivity index (χ1v) is 24.0. The first-order valence-electron chi connectivity index (χ1n) is 24.0. The first-order chi connectivity index (χ1) is 35.9. The zero-order chi connectivity index (χ0) is 56.6. The summed E-state index contributed by atoms with van der Waals surface area (Å²) >= 11 is 0. The predicted octanol–water partition coefficient (Wildman–Crippen LogP) is -14.0. The van der Waals surface area contributed by atoms with E-state index in [1.54, 1.807) is 0 Å². The van der Waals surface area contributed by atoms with Gasteiger partial charge in [0.25, 0.3) is 0 Å². The largest absolute Gasteiger partial charge is 0.394 e. The maximum Gasteiger partial charge on any atom is 0.217 e. The highest BCUT2D eigenvalue weighted by molar-refractivity contribution is 5.74. The van der Waals surface area contributed by atoms with Gasteiger partial charge in [0, 0.05) is 20.8 Å². The Morgan fingerprint density at radius 1 is 0.421 bits per heavy atom. The fourth-order valence-electron chi connectivity index (χ4n) is 9.22. The van der Waals surface area contributed by atoms with Crippen molar-refractivity contribution < 1.29 is 154 Å². The van der Waals surface area contributed by atoms with Gasteiger partial charge >= 0.3 is 0 Å². The number of rotatable bonds is 23. The Kier molecular flexibility index (Phi) is 24.1. The van der Waals surface area contributed by atoms with Gasteiger partial charge in [0.2, 0.25) is 17.7 Å². The number of carbonyl (C=O) groups is 3. The van der Waals surface area contributed by atoms with Gasteiger partial charge in [-0.3, -0.25) is 14.4 Å². The van der Waals surface area contributed by atoms with Crippen LogP contribution in [0.2, 0.25) is 0 Å². The van der Waals surface area contributed by atoms with Gasteiger partial charge < -0.3 is 155 Å². The molecule has 0 spiro atoms. The van der Waals surface area contributed by atoms with E-state index in [1.807, 2.05) is 0 Å². The first kappa shape index (κ1) is 64.1. The van der Waals surface area contributed by atoms with Crippen molar-refractivity contribution >= 4 is 17.7 Å². The molecule has 0 aromatic rings. The molecule has 0 aromatic carbocycles. The van der Waals surface area contributed by atoms with Gasteiger partial charge in [0.1, 0.15) is 146 Å². The predicted molar refractivity (Wildman–Crippen MR) is 236 cm³/mol. The van der Waals surface area contributed by atoms with Crippen LogP contribution in [0.15, 0.2) is 0 Å². The fourth-order valence-corrected chi connectivity index (χ4v) is 9.22. The molecule has 34 nitrogen and oxygen atoms in total. The van der Waals surface area contributed by atoms with Crippen LogP contribution in [0.4, 0.5) is 0 Å². The molecule has 5 aliphatic heterocycles. The lowest BCUT2D eigenvalue weighted by Gasteiger charge is -2.50. The Balaban J connectivity index is 1.46. The minimum absolute atomic E-state index is 0.755. The molecule has 21 N–H and O–H groups in total. The Bertz CT molecular complexity index is 1820. The third-order valence-corrected chi connectivity index (χ3v) is 13.3. The summed E-state index contributed by atoms with van der Waals surface area (Å²) in [5.74, 6) is -2.46. The summed E-state index contributed by atoms with van der Waals surface area (Å²) in [6.45, 7) is -4.04. The van der Waals surface area contributed by atoms with Crippen LogP contribution >= 0.6 is 0 Å². The Morgan fingerprint density at radius 2 is 0.816 bits per heavy atom. The maximum absolute atomic E-state index is 12.7. The van der Waals surface area contributed by atoms with E-state index in [-0.39, 0.29) is 0 Å². The molecule has 5 fully saturated rings. The van der Waals surface area contributed by atoms with Crippen molar-refractivity contribution in [1.29, 1.82) is 0 Å². The maximum atomic E-state index is 12.7. The fraction of sp³-hybridized carbons (Fsp3) is 0.929. The lowest BCUT2D eigenvalue weighted by atomic mass is 9.94. The van der Waals surface area contributed by atoms with Crippen molar-refractivity contribution in [1.82, 2.24) is 16.0 Å². The molecule has 0 bridgehead atoms. The third-order valence-electron chi connectivity index (χ3n) is 13.3. The molecule has 5 aliphatic rings. The lowest BCUT2D eigenvalue weighted by Crippen LogP contribution is -2.70. The number of amides is 3. The van der Waals surface area contributed by atoms with Crippen LogP contribution in [-0.2, 0) is 61.8 Å². The monoisotopic (exact) mass is 1120 g/mol. The standard InChI is InChI=1S/C42H73N3O31/c1-11(52)43-21-28(61)25(58)16(6-48)68-39(21)74-35-19(9-51)71-40(23(30(35)63)45-13(3)54)76-37-27(60)20(72-42(33(37)66)73-34(15(56)5-47)24(57)14(55)4-46)10-67-38-22(44-12(2)53)29(62)36(18(8-50)70-38)75-41-32(65)31(64)26(59)17(7-49)69-41/h14-42,46-51,55-66H,4-10H2,1-3H3,(H,43,52)(H,44,53)(H,45,54)/t14-,15+,16+,17+,18+,19+,20+,21+,22+,23+,24+,25-,26-,27-,28+,29+,30+,31-,32+,33+,34+,35+,36+,37-,38+,39-,40-,41-,42-/m0/s1. The molecule has 0 aromatic heterocycles. The SMILES string of the molecule is CC(=O)N[C@H]1[C@H](OC[C@H]2O[C@@H](O[C@@H]([C@H](O)[C@@H](O)CO)[C@H](O)CO)[C@H](O)[C@@H](O[C@@H]3O[C@H](CO)[C@@H](O[C@@H]4O[C@H](CO)[C@H](O)[C@H](O)[C@H]4NC(C)=O)[C@H](O)[C@H]3NC(C)=O)[C@H]2O)O[C@H](CO)[C@@H](O[C@@H]2O[C@H](CO)[C@H](O)[C@H](O)[C@H]2O)[C@@H]1O. The van der Waals surface area contributed by atoms with Crippen LogP contribution in [-0.4, -0.2) is 334 Å². The van der Waals surface area contributed by atoms with Gasteiger partial charge in [0.05, 0.1) is 46.2 Å². The number of aliphatic hydroxyl groups excluding tert-OH is 18. The van der Waals surface area contributed by atoms with Crippen molar-refractivity contribution in [2.45, 2.75) is 199 Å². The Morgan fingerprint density at radius 3 is 1.29 bits per heavy atom. The highest BCUT2D eigenvalue weighted by Crippen LogP contribution is 2.35. The zero-order valence-corrected chi connectivity index (χ0v) is 41.0. The van der Waals surface area contributed by atoms with E-state index in [0.29, 0.717) is 0 Å². The highest BCUT2D eigenvalue weighted by atomic mass is 16.8. The molecule has 34 heteroatoms. The lowest BCUT2D eigenvalue weighted by molar-refractivity contribution is -0.374. The average molecular weight is 1120 g/mol. The second-order valence-electron chi connectivity index (χ2n) is 18.8. The van der Waals surface area contributed by atoms with Crippen LogP contribution in [0, 0.1) is 0 Å². The van der Waals surface area contributed by atoms with Gasteiger partial charge in [-0.2, -0.15) is 0 Å². The molecule has 29 atom stereocenters. The minimum atomic E-state index is -2.34. The van der Waals surface area contributed by atoms with Crippen molar-refractivity contribution in [2.24, 2.45) is 0 Å². The number of hydrogen-bond donors (Lipinski definition) is 21. The smallest absolute Gasteiger partial charge is 0.217 e. The van der Waals surface area contributed by atoms with E-state index < -0.39 is 242 Å². The third kappa shape index (κ3) is 14.8. The van der Waals surface area contributed by atoms with Gasteiger partial charge in [-0.25, -0.2) is 0 Å². The molecule has 0 aliphatic carbocycles. The second kappa shape index (κ2) is 28.6. The van der Waals surface area contributed by atoms with Crippen LogP contribution in [0.25, 0.3) is 0 Å². The van der Waals surface area contributed by atoms with Crippen LogP contribution < -0.4 is 16.0 Å². The second-order valence-corrected chi connectivity index (χ2v) is 18.8. The molecule has 0 unspecified atom stereocenters. The van der Waals surface area contributed by atoms with E-state index in [2.05, 4.69) is 16.0 Å². The number of carbonyl (C=O) groups excluding carboxylic acids is 3. The van der Waals surface area contributed by atoms with Crippen molar-refractivity contribution in [2.75, 3.05) is 46.2 Å². The molecule has 5 saturated heterocycles. The summed E-state index contributed by atoms with van der Waals surface area (Å²) in [7, 11) is 0. The Labute approximate surface area is 431 Å². The zero-order valence-electron chi connectivity index (χ0n) is 41.0. The van der Waals surface area contributed by atoms with Crippen molar-refractivity contribution in [3.8, 4) is 0 Å². The van der Waals surface area contributed by atoms with Crippen LogP contribution in [0.3, 0.4) is 0 Å². The van der Waals surface area contributed by atoms with Crippen molar-refractivity contribution in [3.05, 3.63) is 0 Å². The van der Waals surface area contributed by atoms with Gasteiger partial charge in [-0.1, -0.05) is 0 Å². The number of aliphatic hydroxyl groups is 18. The average Bonchev–Trinajstić information content (AvgIpc) is 3.38. The number of ether oxygens (including phenoxy) is 10. The molecule has 442 valence electrons. The van der Waals surface area contributed by atoms with Crippen LogP contribution in [0.1, 0.15) is 20.8 Å². The summed E-state index contributed by atoms with van der Waals surface area (Å²) in [5, 5.41) is 198.